The van der Waals surface area contributed by atoms with Crippen molar-refractivity contribution in [2.24, 2.45) is 0 Å². The van der Waals surface area contributed by atoms with Gasteiger partial charge in [-0.1, -0.05) is 13.0 Å². The van der Waals surface area contributed by atoms with Crippen LogP contribution in [0.3, 0.4) is 0 Å². The van der Waals surface area contributed by atoms with Crippen molar-refractivity contribution in [1.82, 2.24) is 13.9 Å². The molecule has 0 radical (unpaired) electrons. The summed E-state index contributed by atoms with van der Waals surface area (Å²) in [4.78, 5) is 17.0. The van der Waals surface area contributed by atoms with Gasteiger partial charge in [-0.15, -0.1) is 0 Å². The Hall–Kier alpha value is -3.22. The Morgan fingerprint density at radius 2 is 2.00 bits per heavy atom. The van der Waals surface area contributed by atoms with Crippen LogP contribution in [0, 0.1) is 11.3 Å². The summed E-state index contributed by atoms with van der Waals surface area (Å²) < 4.78 is 33.3. The number of aromatic nitrogens is 2. The van der Waals surface area contributed by atoms with Gasteiger partial charge >= 0.3 is 5.97 Å². The zero-order chi connectivity index (χ0) is 21.9. The zero-order valence-electron chi connectivity index (χ0n) is 17.0. The third-order valence-electron chi connectivity index (χ3n) is 4.58. The standard InChI is InChI=1S/C21H22N4O4S/c1-4-10-25-19-9-8-17(30(27,28)24(2)3)12-18(19)23-20(25)14-29-21(26)16-7-5-6-15(11-16)13-22/h5-9,11-12H,4,10,14H2,1-3H3. The van der Waals surface area contributed by atoms with E-state index in [0.29, 0.717) is 23.4 Å². The highest BCUT2D eigenvalue weighted by atomic mass is 32.2. The van der Waals surface area contributed by atoms with Crippen LogP contribution in [0.1, 0.15) is 35.1 Å². The molecule has 0 bridgehead atoms. The maximum absolute atomic E-state index is 12.4. The van der Waals surface area contributed by atoms with Gasteiger partial charge in [0.05, 0.1) is 33.1 Å². The molecule has 1 aromatic heterocycles. The maximum atomic E-state index is 12.4. The number of hydrogen-bond acceptors (Lipinski definition) is 6. The van der Waals surface area contributed by atoms with Crippen LogP contribution >= 0.6 is 0 Å². The van der Waals surface area contributed by atoms with E-state index in [2.05, 4.69) is 4.98 Å². The Balaban J connectivity index is 1.91. The quantitative estimate of drug-likeness (QED) is 0.538. The molecule has 3 aromatic rings. The molecule has 0 fully saturated rings. The second-order valence-electron chi connectivity index (χ2n) is 6.89. The van der Waals surface area contributed by atoms with Gasteiger partial charge in [-0.3, -0.25) is 0 Å². The molecule has 30 heavy (non-hydrogen) atoms. The van der Waals surface area contributed by atoms with E-state index in [1.807, 2.05) is 17.6 Å². The van der Waals surface area contributed by atoms with E-state index in [4.69, 9.17) is 10.00 Å². The topological polar surface area (TPSA) is 105 Å². The first-order chi connectivity index (χ1) is 14.3. The highest BCUT2D eigenvalue weighted by Crippen LogP contribution is 2.23. The summed E-state index contributed by atoms with van der Waals surface area (Å²) >= 11 is 0. The third-order valence-corrected chi connectivity index (χ3v) is 6.40. The average Bonchev–Trinajstić information content (AvgIpc) is 3.09. The minimum absolute atomic E-state index is 0.0694. The van der Waals surface area contributed by atoms with E-state index in [9.17, 15) is 13.2 Å². The number of aryl methyl sites for hydroxylation is 1. The molecule has 0 unspecified atom stereocenters. The molecule has 0 amide bonds. The Kier molecular flexibility index (Phi) is 6.20. The fourth-order valence-electron chi connectivity index (χ4n) is 3.04. The van der Waals surface area contributed by atoms with Crippen LogP contribution in [0.25, 0.3) is 11.0 Å². The lowest BCUT2D eigenvalue weighted by molar-refractivity contribution is 0.0458. The molecule has 0 N–H and O–H groups in total. The monoisotopic (exact) mass is 426 g/mol. The Labute approximate surface area is 175 Å². The van der Waals surface area contributed by atoms with Gasteiger partial charge in [-0.25, -0.2) is 22.5 Å². The van der Waals surface area contributed by atoms with E-state index in [-0.39, 0.29) is 17.1 Å². The first-order valence-electron chi connectivity index (χ1n) is 9.37. The van der Waals surface area contributed by atoms with E-state index in [1.54, 1.807) is 30.3 Å². The van der Waals surface area contributed by atoms with Crippen LogP contribution in [0.5, 0.6) is 0 Å². The van der Waals surface area contributed by atoms with Crippen molar-refractivity contribution >= 4 is 27.0 Å². The van der Waals surface area contributed by atoms with E-state index in [0.717, 1.165) is 16.2 Å². The van der Waals surface area contributed by atoms with Crippen LogP contribution in [-0.2, 0) is 27.9 Å². The van der Waals surface area contributed by atoms with Gasteiger partial charge in [0, 0.05) is 20.6 Å². The number of imidazole rings is 1. The number of ether oxygens (including phenoxy) is 1. The van der Waals surface area contributed by atoms with Gasteiger partial charge in [0.2, 0.25) is 10.0 Å². The molecule has 2 aromatic carbocycles. The van der Waals surface area contributed by atoms with Crippen LogP contribution in [0.15, 0.2) is 47.4 Å². The average molecular weight is 426 g/mol. The largest absolute Gasteiger partial charge is 0.454 e. The summed E-state index contributed by atoms with van der Waals surface area (Å²) in [7, 11) is -0.633. The summed E-state index contributed by atoms with van der Waals surface area (Å²) in [6.07, 6.45) is 0.828. The smallest absolute Gasteiger partial charge is 0.338 e. The molecule has 156 valence electrons. The van der Waals surface area contributed by atoms with Crippen molar-refractivity contribution in [3.05, 3.63) is 59.4 Å². The normalized spacial score (nSPS) is 11.6. The molecule has 1 heterocycles. The zero-order valence-corrected chi connectivity index (χ0v) is 17.8. The first kappa shape index (κ1) is 21.5. The molecule has 0 spiro atoms. The first-order valence-corrected chi connectivity index (χ1v) is 10.8. The Morgan fingerprint density at radius 1 is 1.23 bits per heavy atom. The van der Waals surface area contributed by atoms with E-state index in [1.165, 1.54) is 26.2 Å². The second kappa shape index (κ2) is 8.65. The minimum Gasteiger partial charge on any atom is -0.454 e. The van der Waals surface area contributed by atoms with Gasteiger partial charge < -0.3 is 9.30 Å². The maximum Gasteiger partial charge on any atom is 0.338 e. The number of benzene rings is 2. The van der Waals surface area contributed by atoms with Crippen molar-refractivity contribution in [3.63, 3.8) is 0 Å². The highest BCUT2D eigenvalue weighted by Gasteiger charge is 2.20. The Bertz CT molecular complexity index is 1240. The predicted molar refractivity (Wildman–Crippen MR) is 111 cm³/mol. The number of carbonyl (C=O) groups is 1. The van der Waals surface area contributed by atoms with Crippen LogP contribution in [-0.4, -0.2) is 42.3 Å². The van der Waals surface area contributed by atoms with Crippen molar-refractivity contribution in [3.8, 4) is 6.07 Å². The van der Waals surface area contributed by atoms with Crippen LogP contribution in [0.2, 0.25) is 0 Å². The molecule has 0 saturated carbocycles. The third kappa shape index (κ3) is 4.20. The molecule has 0 aliphatic heterocycles. The molecular weight excluding hydrogens is 404 g/mol. The lowest BCUT2D eigenvalue weighted by atomic mass is 10.1. The van der Waals surface area contributed by atoms with Gasteiger partial charge in [-0.2, -0.15) is 5.26 Å². The molecule has 9 heteroatoms. The molecule has 0 atom stereocenters. The summed E-state index contributed by atoms with van der Waals surface area (Å²) in [5.41, 5.74) is 1.94. The lowest BCUT2D eigenvalue weighted by Crippen LogP contribution is -2.22. The summed E-state index contributed by atoms with van der Waals surface area (Å²) in [5.74, 6) is -0.0332. The van der Waals surface area contributed by atoms with Crippen LogP contribution < -0.4 is 0 Å². The molecule has 0 saturated heterocycles. The Morgan fingerprint density at radius 3 is 2.67 bits per heavy atom. The van der Waals surface area contributed by atoms with Crippen molar-refractivity contribution in [1.29, 1.82) is 5.26 Å². The number of hydrogen-bond donors (Lipinski definition) is 0. The van der Waals surface area contributed by atoms with E-state index >= 15 is 0 Å². The number of nitrogens with zero attached hydrogens (tertiary/aromatic N) is 4. The fraction of sp³-hybridized carbons (Fsp3) is 0.286. The molecule has 0 aliphatic rings. The van der Waals surface area contributed by atoms with Crippen LogP contribution in [0.4, 0.5) is 0 Å². The summed E-state index contributed by atoms with van der Waals surface area (Å²) in [6, 6.07) is 13.1. The van der Waals surface area contributed by atoms with Crippen molar-refractivity contribution < 1.29 is 17.9 Å². The van der Waals surface area contributed by atoms with Gasteiger partial charge in [-0.05, 0) is 42.8 Å². The highest BCUT2D eigenvalue weighted by molar-refractivity contribution is 7.89. The number of carbonyl (C=O) groups excluding carboxylic acids is 1. The second-order valence-corrected chi connectivity index (χ2v) is 9.04. The molecule has 8 nitrogen and oxygen atoms in total. The number of esters is 1. The SMILES string of the molecule is CCCn1c(COC(=O)c2cccc(C#N)c2)nc2cc(S(=O)(=O)N(C)C)ccc21. The minimum atomic E-state index is -3.58. The van der Waals surface area contributed by atoms with Crippen molar-refractivity contribution in [2.45, 2.75) is 31.4 Å². The van der Waals surface area contributed by atoms with Gasteiger partial charge in [0.25, 0.3) is 0 Å². The molecule has 0 aliphatic carbocycles. The summed E-state index contributed by atoms with van der Waals surface area (Å²) in [5, 5.41) is 8.98. The number of fused-ring (bicyclic) bond motifs is 1. The van der Waals surface area contributed by atoms with Gasteiger partial charge in [0.1, 0.15) is 12.4 Å². The number of nitriles is 1. The lowest BCUT2D eigenvalue weighted by Gasteiger charge is -2.11. The number of sulfonamides is 1. The number of rotatable bonds is 7. The van der Waals surface area contributed by atoms with E-state index < -0.39 is 16.0 Å². The van der Waals surface area contributed by atoms with Gasteiger partial charge in [0.15, 0.2) is 0 Å². The fourth-order valence-corrected chi connectivity index (χ4v) is 3.97. The van der Waals surface area contributed by atoms with Crippen molar-refractivity contribution in [2.75, 3.05) is 14.1 Å². The molecular formula is C21H22N4O4S. The predicted octanol–water partition coefficient (Wildman–Crippen LogP) is 2.93. The molecule has 3 rings (SSSR count). The summed E-state index contributed by atoms with van der Waals surface area (Å²) in [6.45, 7) is 2.59.